The third-order valence-electron chi connectivity index (χ3n) is 5.98. The Balaban J connectivity index is 1.42. The number of para-hydroxylation sites is 1. The first kappa shape index (κ1) is 22.6. The monoisotopic (exact) mass is 446 g/mol. The number of carbonyl (C=O) groups excluding carboxylic acids is 2. The van der Waals surface area contributed by atoms with Gasteiger partial charge in [0.25, 0.3) is 5.91 Å². The average Bonchev–Trinajstić information content (AvgIpc) is 3.28. The Morgan fingerprint density at radius 1 is 1.18 bits per heavy atom. The molecule has 1 atom stereocenters. The Morgan fingerprint density at radius 3 is 2.70 bits per heavy atom. The van der Waals surface area contributed by atoms with Crippen LogP contribution in [-0.2, 0) is 11.3 Å². The fourth-order valence-electron chi connectivity index (χ4n) is 4.24. The number of anilines is 1. The fraction of sp³-hybridized carbons (Fsp3) is 0.400. The van der Waals surface area contributed by atoms with Gasteiger partial charge in [-0.25, -0.2) is 15.0 Å². The minimum atomic E-state index is -0.230. The van der Waals surface area contributed by atoms with Crippen molar-refractivity contribution in [1.82, 2.24) is 24.4 Å². The van der Waals surface area contributed by atoms with Crippen LogP contribution in [0, 0.1) is 6.92 Å². The van der Waals surface area contributed by atoms with E-state index in [0.29, 0.717) is 30.2 Å². The van der Waals surface area contributed by atoms with Crippen LogP contribution in [0.2, 0.25) is 0 Å². The molecule has 0 unspecified atom stereocenters. The number of imidazole rings is 1. The van der Waals surface area contributed by atoms with E-state index in [0.717, 1.165) is 30.9 Å². The first-order valence-electron chi connectivity index (χ1n) is 11.4. The smallest absolute Gasteiger partial charge is 0.259 e. The fourth-order valence-corrected chi connectivity index (χ4v) is 4.24. The Labute approximate surface area is 194 Å². The van der Waals surface area contributed by atoms with Crippen LogP contribution >= 0.6 is 0 Å². The molecule has 0 bridgehead atoms. The van der Waals surface area contributed by atoms with Crippen molar-refractivity contribution in [2.24, 2.45) is 0 Å². The van der Waals surface area contributed by atoms with Gasteiger partial charge in [0.05, 0.1) is 11.3 Å². The van der Waals surface area contributed by atoms with E-state index in [1.807, 2.05) is 52.9 Å². The summed E-state index contributed by atoms with van der Waals surface area (Å²) in [6.45, 7) is 7.58. The molecule has 2 amide bonds. The van der Waals surface area contributed by atoms with Crippen LogP contribution in [0.1, 0.15) is 66.2 Å². The topological polar surface area (TPSA) is 93.0 Å². The number of amides is 2. The number of aromatic nitrogens is 4. The van der Waals surface area contributed by atoms with E-state index in [-0.39, 0.29) is 23.7 Å². The number of hydrogen-bond acceptors (Lipinski definition) is 5. The largest absolute Gasteiger partial charge is 0.340 e. The van der Waals surface area contributed by atoms with Gasteiger partial charge in [0, 0.05) is 49.2 Å². The second-order valence-corrected chi connectivity index (χ2v) is 8.79. The summed E-state index contributed by atoms with van der Waals surface area (Å²) in [4.78, 5) is 41.0. The van der Waals surface area contributed by atoms with Crippen molar-refractivity contribution < 1.29 is 9.59 Å². The van der Waals surface area contributed by atoms with Crippen LogP contribution in [0.25, 0.3) is 0 Å². The molecule has 33 heavy (non-hydrogen) atoms. The summed E-state index contributed by atoms with van der Waals surface area (Å²) in [6.07, 6.45) is 7.02. The van der Waals surface area contributed by atoms with Crippen LogP contribution in [0.5, 0.6) is 0 Å². The van der Waals surface area contributed by atoms with E-state index in [1.165, 1.54) is 0 Å². The minimum Gasteiger partial charge on any atom is -0.340 e. The molecule has 0 aliphatic carbocycles. The number of piperidine rings is 1. The average molecular weight is 447 g/mol. The molecule has 8 heteroatoms. The molecule has 4 rings (SSSR count). The number of aryl methyl sites for hydroxylation is 1. The quantitative estimate of drug-likeness (QED) is 0.622. The Morgan fingerprint density at radius 2 is 1.97 bits per heavy atom. The predicted molar refractivity (Wildman–Crippen MR) is 126 cm³/mol. The van der Waals surface area contributed by atoms with Gasteiger partial charge in [0.15, 0.2) is 0 Å². The molecule has 1 N–H and O–H groups in total. The molecule has 172 valence electrons. The van der Waals surface area contributed by atoms with Gasteiger partial charge in [0.1, 0.15) is 18.2 Å². The zero-order valence-electron chi connectivity index (χ0n) is 19.4. The summed E-state index contributed by atoms with van der Waals surface area (Å²) in [7, 11) is 0. The van der Waals surface area contributed by atoms with E-state index in [1.54, 1.807) is 12.4 Å². The van der Waals surface area contributed by atoms with Crippen molar-refractivity contribution >= 4 is 17.5 Å². The highest BCUT2D eigenvalue weighted by atomic mass is 16.2. The van der Waals surface area contributed by atoms with Crippen LogP contribution in [0.3, 0.4) is 0 Å². The first-order chi connectivity index (χ1) is 15.9. The Hall–Kier alpha value is -3.55. The van der Waals surface area contributed by atoms with E-state index >= 15 is 0 Å². The van der Waals surface area contributed by atoms with E-state index in [9.17, 15) is 9.59 Å². The summed E-state index contributed by atoms with van der Waals surface area (Å²) in [5.74, 6) is 1.77. The summed E-state index contributed by atoms with van der Waals surface area (Å²) in [5, 5.41) is 2.87. The second-order valence-electron chi connectivity index (χ2n) is 8.79. The molecule has 0 spiro atoms. The number of likely N-dealkylation sites (tertiary alicyclic amines) is 1. The molecule has 0 saturated carbocycles. The number of nitrogens with one attached hydrogen (secondary N) is 1. The molecule has 3 aromatic rings. The normalized spacial score (nSPS) is 16.1. The van der Waals surface area contributed by atoms with Crippen molar-refractivity contribution in [2.45, 2.75) is 52.0 Å². The zero-order chi connectivity index (χ0) is 23.4. The van der Waals surface area contributed by atoms with Gasteiger partial charge in [-0.2, -0.15) is 0 Å². The van der Waals surface area contributed by atoms with Crippen LogP contribution in [0.15, 0.2) is 48.9 Å². The van der Waals surface area contributed by atoms with Gasteiger partial charge in [-0.3, -0.25) is 9.59 Å². The molecule has 1 aliphatic rings. The van der Waals surface area contributed by atoms with Crippen molar-refractivity contribution in [1.29, 1.82) is 0 Å². The third kappa shape index (κ3) is 5.27. The SMILES string of the molecule is Cc1nc([C@H]2CCCN(C(=O)Cn3ccnc3C(C)C)C2)ncc1C(=O)Nc1ccccc1. The molecule has 3 heterocycles. The van der Waals surface area contributed by atoms with E-state index in [2.05, 4.69) is 34.1 Å². The summed E-state index contributed by atoms with van der Waals surface area (Å²) >= 11 is 0. The lowest BCUT2D eigenvalue weighted by Crippen LogP contribution is -2.41. The highest BCUT2D eigenvalue weighted by molar-refractivity contribution is 6.04. The lowest BCUT2D eigenvalue weighted by Gasteiger charge is -2.32. The van der Waals surface area contributed by atoms with Gasteiger partial charge < -0.3 is 14.8 Å². The van der Waals surface area contributed by atoms with Gasteiger partial charge in [0.2, 0.25) is 5.91 Å². The maximum absolute atomic E-state index is 13.0. The van der Waals surface area contributed by atoms with Crippen LogP contribution < -0.4 is 5.32 Å². The van der Waals surface area contributed by atoms with Crippen molar-refractivity contribution in [2.75, 3.05) is 18.4 Å². The summed E-state index contributed by atoms with van der Waals surface area (Å²) < 4.78 is 1.93. The summed E-state index contributed by atoms with van der Waals surface area (Å²) in [6, 6.07) is 9.31. The van der Waals surface area contributed by atoms with E-state index in [4.69, 9.17) is 0 Å². The van der Waals surface area contributed by atoms with Gasteiger partial charge >= 0.3 is 0 Å². The molecule has 1 aromatic carbocycles. The number of benzene rings is 1. The number of rotatable bonds is 6. The van der Waals surface area contributed by atoms with Crippen molar-refractivity contribution in [3.63, 3.8) is 0 Å². The highest BCUT2D eigenvalue weighted by Gasteiger charge is 2.27. The molecule has 8 nitrogen and oxygen atoms in total. The van der Waals surface area contributed by atoms with Crippen molar-refractivity contribution in [3.05, 3.63) is 71.8 Å². The Kier molecular flexibility index (Phi) is 6.82. The molecule has 1 saturated heterocycles. The lowest BCUT2D eigenvalue weighted by molar-refractivity contribution is -0.133. The molecule has 2 aromatic heterocycles. The molecule has 1 fully saturated rings. The van der Waals surface area contributed by atoms with E-state index < -0.39 is 0 Å². The molecular weight excluding hydrogens is 416 g/mol. The predicted octanol–water partition coefficient (Wildman–Crippen LogP) is 3.76. The summed E-state index contributed by atoms with van der Waals surface area (Å²) in [5.41, 5.74) is 1.82. The number of nitrogens with zero attached hydrogens (tertiary/aromatic N) is 5. The van der Waals surface area contributed by atoms with Gasteiger partial charge in [-0.1, -0.05) is 32.0 Å². The second kappa shape index (κ2) is 9.94. The van der Waals surface area contributed by atoms with Crippen LogP contribution in [-0.4, -0.2) is 49.3 Å². The van der Waals surface area contributed by atoms with Crippen molar-refractivity contribution in [3.8, 4) is 0 Å². The van der Waals surface area contributed by atoms with Gasteiger partial charge in [-0.05, 0) is 31.9 Å². The minimum absolute atomic E-state index is 0.0555. The highest BCUT2D eigenvalue weighted by Crippen LogP contribution is 2.25. The Bertz CT molecular complexity index is 1120. The molecular formula is C25H30N6O2. The standard InChI is InChI=1S/C25H30N6O2/c1-17(2)24-26-11-13-31(24)16-22(32)30-12-7-8-19(15-30)23-27-14-21(18(3)28-23)25(33)29-20-9-5-4-6-10-20/h4-6,9-11,13-14,17,19H,7-8,12,15-16H2,1-3H3,(H,29,33)/t19-/m0/s1. The maximum Gasteiger partial charge on any atom is 0.259 e. The zero-order valence-corrected chi connectivity index (χ0v) is 19.4. The van der Waals surface area contributed by atoms with Crippen LogP contribution in [0.4, 0.5) is 5.69 Å². The lowest BCUT2D eigenvalue weighted by atomic mass is 9.96. The third-order valence-corrected chi connectivity index (χ3v) is 5.98. The van der Waals surface area contributed by atoms with Gasteiger partial charge in [-0.15, -0.1) is 0 Å². The molecule has 1 aliphatic heterocycles. The molecule has 0 radical (unpaired) electrons. The number of hydrogen-bond donors (Lipinski definition) is 1. The maximum atomic E-state index is 13.0. The first-order valence-corrected chi connectivity index (χ1v) is 11.4. The number of carbonyl (C=O) groups is 2.